The Morgan fingerprint density at radius 2 is 2.21 bits per heavy atom. The van der Waals surface area contributed by atoms with Gasteiger partial charge >= 0.3 is 0 Å². The van der Waals surface area contributed by atoms with Crippen LogP contribution in [0, 0.1) is 0 Å². The summed E-state index contributed by atoms with van der Waals surface area (Å²) >= 11 is 5.93. The van der Waals surface area contributed by atoms with Crippen LogP contribution in [-0.4, -0.2) is 47.8 Å². The van der Waals surface area contributed by atoms with Gasteiger partial charge in [-0.15, -0.1) is 0 Å². The molecule has 0 N–H and O–H groups in total. The Bertz CT molecular complexity index is 1030. The fourth-order valence-corrected chi connectivity index (χ4v) is 2.67. The number of benzene rings is 1. The fraction of sp³-hybridized carbons (Fsp3) is 0.222. The van der Waals surface area contributed by atoms with Gasteiger partial charge in [-0.25, -0.2) is 13.8 Å². The van der Waals surface area contributed by atoms with E-state index in [9.17, 15) is 13.6 Å². The Kier molecular flexibility index (Phi) is 5.84. The van der Waals surface area contributed by atoms with Gasteiger partial charge in [-0.2, -0.15) is 10.2 Å². The molecule has 1 aromatic heterocycles. The highest BCUT2D eigenvalue weighted by Crippen LogP contribution is 2.23. The number of aromatic nitrogens is 2. The lowest BCUT2D eigenvalue weighted by atomic mass is 10.2. The van der Waals surface area contributed by atoms with Crippen LogP contribution in [0.1, 0.15) is 0 Å². The zero-order valence-corrected chi connectivity index (χ0v) is 15.8. The monoisotopic (exact) mass is 407 g/mol. The van der Waals surface area contributed by atoms with Gasteiger partial charge in [0.05, 0.1) is 11.2 Å². The molecule has 1 aliphatic rings. The van der Waals surface area contributed by atoms with Crippen molar-refractivity contribution in [2.75, 3.05) is 18.7 Å². The molecule has 28 heavy (non-hydrogen) atoms. The van der Waals surface area contributed by atoms with Crippen molar-refractivity contribution < 1.29 is 18.3 Å². The lowest BCUT2D eigenvalue weighted by molar-refractivity contribution is -0.104. The van der Waals surface area contributed by atoms with Crippen LogP contribution < -0.4 is 5.01 Å². The first kappa shape index (κ1) is 19.7. The summed E-state index contributed by atoms with van der Waals surface area (Å²) in [6.45, 7) is -0.813. The second kappa shape index (κ2) is 8.30. The number of hydrogen-bond acceptors (Lipinski definition) is 6. The Morgan fingerprint density at radius 3 is 2.93 bits per heavy atom. The molecule has 0 radical (unpaired) electrons. The Labute approximate surface area is 164 Å². The number of allylic oxidation sites excluding steroid dienone is 2. The third-order valence-corrected chi connectivity index (χ3v) is 4.04. The number of alkyl halides is 2. The molecule has 7 nitrogen and oxygen atoms in total. The van der Waals surface area contributed by atoms with Crippen LogP contribution in [0.25, 0.3) is 10.9 Å². The first-order chi connectivity index (χ1) is 13.4. The van der Waals surface area contributed by atoms with E-state index in [1.54, 1.807) is 16.7 Å². The normalized spacial score (nSPS) is 17.2. The number of halogens is 3. The average molecular weight is 408 g/mol. The lowest BCUT2D eigenvalue weighted by Crippen LogP contribution is -2.19. The van der Waals surface area contributed by atoms with E-state index in [0.29, 0.717) is 6.29 Å². The Hall–Kier alpha value is -3.07. The van der Waals surface area contributed by atoms with Gasteiger partial charge in [0, 0.05) is 31.8 Å². The van der Waals surface area contributed by atoms with Gasteiger partial charge in [-0.05, 0) is 24.3 Å². The number of rotatable bonds is 5. The van der Waals surface area contributed by atoms with E-state index in [4.69, 9.17) is 16.3 Å². The quantitative estimate of drug-likeness (QED) is 0.433. The van der Waals surface area contributed by atoms with Crippen LogP contribution >= 0.6 is 11.6 Å². The number of fused-ring (bicyclic) bond motifs is 1. The van der Waals surface area contributed by atoms with Gasteiger partial charge in [0.2, 0.25) is 5.90 Å². The van der Waals surface area contributed by atoms with E-state index in [0.717, 1.165) is 16.6 Å². The van der Waals surface area contributed by atoms with E-state index >= 15 is 0 Å². The molecule has 146 valence electrons. The fourth-order valence-electron chi connectivity index (χ4n) is 2.53. The number of anilines is 1. The SMILES string of the molecule is CN(/N=C1/C=CC(OCC(F)F)=N/C1=C(\Cl)C=O)c1ccc2nn(C)cc2c1. The third kappa shape index (κ3) is 4.42. The molecular formula is C18H16ClF2N5O2. The van der Waals surface area contributed by atoms with E-state index in [-0.39, 0.29) is 22.3 Å². The van der Waals surface area contributed by atoms with Gasteiger partial charge in [-0.1, -0.05) is 11.6 Å². The molecule has 3 rings (SSSR count). The molecule has 1 aromatic carbocycles. The van der Waals surface area contributed by atoms with Crippen molar-refractivity contribution in [3.8, 4) is 0 Å². The number of aryl methyl sites for hydroxylation is 1. The molecule has 0 amide bonds. The topological polar surface area (TPSA) is 72.1 Å². The summed E-state index contributed by atoms with van der Waals surface area (Å²) < 4.78 is 31.2. The van der Waals surface area contributed by atoms with Crippen molar-refractivity contribution in [3.63, 3.8) is 0 Å². The van der Waals surface area contributed by atoms with Crippen molar-refractivity contribution in [3.05, 3.63) is 47.3 Å². The van der Waals surface area contributed by atoms with Crippen molar-refractivity contribution in [1.82, 2.24) is 9.78 Å². The van der Waals surface area contributed by atoms with E-state index in [1.165, 1.54) is 12.2 Å². The molecule has 0 spiro atoms. The minimum absolute atomic E-state index is 0.0396. The number of nitrogens with zero attached hydrogens (tertiary/aromatic N) is 5. The molecule has 1 aliphatic heterocycles. The summed E-state index contributed by atoms with van der Waals surface area (Å²) in [6.07, 6.45) is 2.52. The minimum atomic E-state index is -2.64. The van der Waals surface area contributed by atoms with Crippen LogP contribution in [-0.2, 0) is 16.6 Å². The van der Waals surface area contributed by atoms with E-state index < -0.39 is 13.0 Å². The molecule has 0 fully saturated rings. The summed E-state index contributed by atoms with van der Waals surface area (Å²) in [6, 6.07) is 5.61. The molecule has 0 saturated carbocycles. The summed E-state index contributed by atoms with van der Waals surface area (Å²) in [5.74, 6) is -0.0753. The molecular weight excluding hydrogens is 392 g/mol. The second-order valence-corrected chi connectivity index (χ2v) is 6.26. The summed E-state index contributed by atoms with van der Waals surface area (Å²) in [5.41, 5.74) is 1.94. The Balaban J connectivity index is 1.90. The number of aliphatic imine (C=N–C) groups is 1. The number of carbonyl (C=O) groups excluding carboxylic acids is 1. The summed E-state index contributed by atoms with van der Waals surface area (Å²) in [4.78, 5) is 15.1. The third-order valence-electron chi connectivity index (χ3n) is 3.77. The highest BCUT2D eigenvalue weighted by molar-refractivity contribution is 6.41. The number of dihydropyridines is 1. The number of hydrazone groups is 1. The molecule has 2 aromatic rings. The van der Waals surface area contributed by atoms with Crippen molar-refractivity contribution in [2.45, 2.75) is 6.43 Å². The van der Waals surface area contributed by atoms with Gasteiger partial charge in [0.15, 0.2) is 12.9 Å². The zero-order valence-electron chi connectivity index (χ0n) is 15.0. The standard InChI is InChI=1S/C18H16ClF2N5O2/c1-25-8-11-7-12(3-4-14(11)23-25)26(2)24-15-5-6-17(28-10-16(20)21)22-18(15)13(19)9-27/h3-9,16H,10H2,1-2H3/b18-13-,24-15-. The highest BCUT2D eigenvalue weighted by atomic mass is 35.5. The largest absolute Gasteiger partial charge is 0.472 e. The van der Waals surface area contributed by atoms with Crippen LogP contribution in [0.3, 0.4) is 0 Å². The van der Waals surface area contributed by atoms with Crippen LogP contribution in [0.4, 0.5) is 14.5 Å². The zero-order chi connectivity index (χ0) is 20.3. The number of ether oxygens (including phenoxy) is 1. The first-order valence-corrected chi connectivity index (χ1v) is 8.54. The molecule has 2 heterocycles. The number of hydrogen-bond donors (Lipinski definition) is 0. The van der Waals surface area contributed by atoms with Crippen LogP contribution in [0.15, 0.2) is 57.4 Å². The van der Waals surface area contributed by atoms with Crippen molar-refractivity contribution >= 4 is 46.1 Å². The summed E-state index contributed by atoms with van der Waals surface area (Å²) in [5, 5.41) is 11.1. The first-order valence-electron chi connectivity index (χ1n) is 8.16. The van der Waals surface area contributed by atoms with Gasteiger partial charge in [-0.3, -0.25) is 14.5 Å². The molecule has 10 heteroatoms. The van der Waals surface area contributed by atoms with Gasteiger partial charge in [0.25, 0.3) is 6.43 Å². The molecule has 0 saturated heterocycles. The molecule has 0 bridgehead atoms. The molecule has 0 aliphatic carbocycles. The highest BCUT2D eigenvalue weighted by Gasteiger charge is 2.18. The second-order valence-electron chi connectivity index (χ2n) is 5.85. The maximum atomic E-state index is 12.3. The van der Waals surface area contributed by atoms with Crippen molar-refractivity contribution in [1.29, 1.82) is 0 Å². The predicted octanol–water partition coefficient (Wildman–Crippen LogP) is 3.26. The molecule has 0 unspecified atom stereocenters. The number of carbonyl (C=O) groups is 1. The van der Waals surface area contributed by atoms with Gasteiger partial charge < -0.3 is 4.74 Å². The van der Waals surface area contributed by atoms with Gasteiger partial charge in [0.1, 0.15) is 16.4 Å². The van der Waals surface area contributed by atoms with Crippen molar-refractivity contribution in [2.24, 2.45) is 17.1 Å². The minimum Gasteiger partial charge on any atom is -0.472 e. The summed E-state index contributed by atoms with van der Waals surface area (Å²) in [7, 11) is 3.55. The van der Waals surface area contributed by atoms with Crippen LogP contribution in [0.5, 0.6) is 0 Å². The van der Waals surface area contributed by atoms with E-state index in [1.807, 2.05) is 31.4 Å². The Morgan fingerprint density at radius 1 is 1.43 bits per heavy atom. The average Bonchev–Trinajstić information content (AvgIpc) is 3.05. The van der Waals surface area contributed by atoms with Crippen LogP contribution in [0.2, 0.25) is 0 Å². The maximum Gasteiger partial charge on any atom is 0.272 e. The predicted molar refractivity (Wildman–Crippen MR) is 104 cm³/mol. The lowest BCUT2D eigenvalue weighted by Gasteiger charge is -2.17. The van der Waals surface area contributed by atoms with E-state index in [2.05, 4.69) is 15.2 Å². The number of aldehydes is 1. The maximum absolute atomic E-state index is 12.3. The molecule has 0 atom stereocenters. The smallest absolute Gasteiger partial charge is 0.272 e.